The number of rotatable bonds is 3. The molecule has 0 amide bonds. The Labute approximate surface area is 108 Å². The maximum atomic E-state index is 12.2. The predicted molar refractivity (Wildman–Crippen MR) is 63.3 cm³/mol. The van der Waals surface area contributed by atoms with Crippen molar-refractivity contribution in [2.75, 3.05) is 26.7 Å². The van der Waals surface area contributed by atoms with Crippen LogP contribution >= 0.6 is 0 Å². The largest absolute Gasteiger partial charge is 0.573 e. The van der Waals surface area contributed by atoms with Crippen LogP contribution in [0, 0.1) is 0 Å². The van der Waals surface area contributed by atoms with Crippen LogP contribution < -0.4 is 20.1 Å². The van der Waals surface area contributed by atoms with Crippen molar-refractivity contribution in [1.29, 1.82) is 0 Å². The van der Waals surface area contributed by atoms with E-state index >= 15 is 0 Å². The summed E-state index contributed by atoms with van der Waals surface area (Å²) in [6, 6.07) is 3.98. The lowest BCUT2D eigenvalue weighted by Crippen LogP contribution is -2.42. The molecule has 1 atom stereocenters. The van der Waals surface area contributed by atoms with Crippen LogP contribution in [0.1, 0.15) is 11.6 Å². The molecule has 1 aromatic rings. The third-order valence-electron chi connectivity index (χ3n) is 2.85. The topological polar surface area (TPSA) is 42.5 Å². The van der Waals surface area contributed by atoms with Crippen molar-refractivity contribution in [2.45, 2.75) is 12.4 Å². The Morgan fingerprint density at radius 1 is 1.26 bits per heavy atom. The quantitative estimate of drug-likeness (QED) is 0.884. The summed E-state index contributed by atoms with van der Waals surface area (Å²) in [4.78, 5) is 0. The number of halogens is 3. The van der Waals surface area contributed by atoms with Crippen molar-refractivity contribution >= 4 is 0 Å². The van der Waals surface area contributed by atoms with Crippen molar-refractivity contribution in [1.82, 2.24) is 10.6 Å². The predicted octanol–water partition coefficient (Wildman–Crippen LogP) is 1.83. The molecule has 0 bridgehead atoms. The Morgan fingerprint density at radius 3 is 2.63 bits per heavy atom. The van der Waals surface area contributed by atoms with Crippen molar-refractivity contribution in [3.8, 4) is 11.5 Å². The molecule has 1 heterocycles. The van der Waals surface area contributed by atoms with Gasteiger partial charge in [-0.25, -0.2) is 0 Å². The number of ether oxygens (including phenoxy) is 2. The minimum Gasteiger partial charge on any atom is -0.496 e. The molecule has 1 aliphatic heterocycles. The van der Waals surface area contributed by atoms with E-state index in [4.69, 9.17) is 4.74 Å². The summed E-state index contributed by atoms with van der Waals surface area (Å²) in [5.74, 6) is 0.298. The number of piperazine rings is 1. The van der Waals surface area contributed by atoms with Gasteiger partial charge in [-0.05, 0) is 18.2 Å². The molecule has 0 unspecified atom stereocenters. The SMILES string of the molecule is COc1ccc(OC(F)(F)F)cc1[C@@H]1CNCCN1. The van der Waals surface area contributed by atoms with Gasteiger partial charge in [0.05, 0.1) is 7.11 Å². The first-order valence-electron chi connectivity index (χ1n) is 5.87. The highest BCUT2D eigenvalue weighted by Gasteiger charge is 2.31. The molecule has 0 radical (unpaired) electrons. The summed E-state index contributed by atoms with van der Waals surface area (Å²) in [6.07, 6.45) is -4.69. The molecule has 2 rings (SSSR count). The van der Waals surface area contributed by atoms with E-state index in [-0.39, 0.29) is 11.8 Å². The van der Waals surface area contributed by atoms with Crippen molar-refractivity contribution in [3.05, 3.63) is 23.8 Å². The number of alkyl halides is 3. The van der Waals surface area contributed by atoms with Crippen molar-refractivity contribution < 1.29 is 22.6 Å². The fourth-order valence-electron chi connectivity index (χ4n) is 2.06. The zero-order valence-electron chi connectivity index (χ0n) is 10.4. The van der Waals surface area contributed by atoms with Crippen LogP contribution in [0.4, 0.5) is 13.2 Å². The van der Waals surface area contributed by atoms with Gasteiger partial charge in [-0.3, -0.25) is 0 Å². The standard InChI is InChI=1S/C12H15F3N2O2/c1-18-11-3-2-8(19-12(13,14)15)6-9(11)10-7-16-4-5-17-10/h2-3,6,10,16-17H,4-5,7H2,1H3/t10-/m0/s1. The van der Waals surface area contributed by atoms with Gasteiger partial charge in [-0.1, -0.05) is 0 Å². The Balaban J connectivity index is 2.25. The van der Waals surface area contributed by atoms with Gasteiger partial charge in [0.25, 0.3) is 0 Å². The van der Waals surface area contributed by atoms with Crippen LogP contribution in [0.5, 0.6) is 11.5 Å². The first-order chi connectivity index (χ1) is 8.99. The third kappa shape index (κ3) is 3.74. The van der Waals surface area contributed by atoms with Gasteiger partial charge in [0, 0.05) is 31.2 Å². The van der Waals surface area contributed by atoms with E-state index in [1.165, 1.54) is 25.3 Å². The molecule has 0 aliphatic carbocycles. The second-order valence-electron chi connectivity index (χ2n) is 4.16. The fourth-order valence-corrected chi connectivity index (χ4v) is 2.06. The van der Waals surface area contributed by atoms with Gasteiger partial charge in [0.15, 0.2) is 0 Å². The maximum Gasteiger partial charge on any atom is 0.573 e. The second kappa shape index (κ2) is 5.66. The molecule has 19 heavy (non-hydrogen) atoms. The van der Waals surface area contributed by atoms with Gasteiger partial charge in [-0.2, -0.15) is 0 Å². The van der Waals surface area contributed by atoms with E-state index in [0.29, 0.717) is 17.9 Å². The van der Waals surface area contributed by atoms with E-state index in [1.54, 1.807) is 0 Å². The molecule has 4 nitrogen and oxygen atoms in total. The van der Waals surface area contributed by atoms with E-state index in [1.807, 2.05) is 0 Å². The average Bonchev–Trinajstić information content (AvgIpc) is 2.38. The summed E-state index contributed by atoms with van der Waals surface area (Å²) in [7, 11) is 1.49. The molecule has 1 saturated heterocycles. The molecule has 0 spiro atoms. The van der Waals surface area contributed by atoms with Crippen molar-refractivity contribution in [2.24, 2.45) is 0 Å². The first-order valence-corrected chi connectivity index (χ1v) is 5.87. The number of hydrogen-bond acceptors (Lipinski definition) is 4. The minimum atomic E-state index is -4.69. The zero-order chi connectivity index (χ0) is 13.9. The lowest BCUT2D eigenvalue weighted by atomic mass is 10.0. The fraction of sp³-hybridized carbons (Fsp3) is 0.500. The molecular weight excluding hydrogens is 261 g/mol. The average molecular weight is 276 g/mol. The van der Waals surface area contributed by atoms with E-state index in [0.717, 1.165) is 13.1 Å². The van der Waals surface area contributed by atoms with Crippen LogP contribution in [-0.2, 0) is 0 Å². The van der Waals surface area contributed by atoms with Gasteiger partial charge in [0.2, 0.25) is 0 Å². The second-order valence-corrected chi connectivity index (χ2v) is 4.16. The van der Waals surface area contributed by atoms with Crippen LogP contribution in [0.15, 0.2) is 18.2 Å². The van der Waals surface area contributed by atoms with Crippen LogP contribution in [-0.4, -0.2) is 33.1 Å². The molecular formula is C12H15F3N2O2. The molecule has 7 heteroatoms. The maximum absolute atomic E-state index is 12.2. The van der Waals surface area contributed by atoms with Crippen LogP contribution in [0.2, 0.25) is 0 Å². The smallest absolute Gasteiger partial charge is 0.496 e. The van der Waals surface area contributed by atoms with E-state index in [2.05, 4.69) is 15.4 Å². The summed E-state index contributed by atoms with van der Waals surface area (Å²) in [5, 5.41) is 6.39. The van der Waals surface area contributed by atoms with Crippen LogP contribution in [0.3, 0.4) is 0 Å². The van der Waals surface area contributed by atoms with Gasteiger partial charge in [-0.15, -0.1) is 13.2 Å². The molecule has 1 aromatic carbocycles. The van der Waals surface area contributed by atoms with Crippen molar-refractivity contribution in [3.63, 3.8) is 0 Å². The molecule has 0 saturated carbocycles. The van der Waals surface area contributed by atoms with Gasteiger partial charge < -0.3 is 20.1 Å². The third-order valence-corrected chi connectivity index (χ3v) is 2.85. The highest BCUT2D eigenvalue weighted by atomic mass is 19.4. The minimum absolute atomic E-state index is 0.0968. The highest BCUT2D eigenvalue weighted by Crippen LogP contribution is 2.32. The van der Waals surface area contributed by atoms with Gasteiger partial charge in [0.1, 0.15) is 11.5 Å². The normalized spacial score (nSPS) is 20.1. The molecule has 0 aromatic heterocycles. The Kier molecular flexibility index (Phi) is 4.16. The summed E-state index contributed by atoms with van der Waals surface area (Å²) in [6.45, 7) is 2.21. The summed E-state index contributed by atoms with van der Waals surface area (Å²) in [5.41, 5.74) is 0.649. The Hall–Kier alpha value is -1.47. The number of methoxy groups -OCH3 is 1. The molecule has 1 aliphatic rings. The Bertz CT molecular complexity index is 431. The zero-order valence-corrected chi connectivity index (χ0v) is 10.4. The number of benzene rings is 1. The Morgan fingerprint density at radius 2 is 2.05 bits per heavy atom. The highest BCUT2D eigenvalue weighted by molar-refractivity contribution is 5.42. The molecule has 2 N–H and O–H groups in total. The molecule has 106 valence electrons. The van der Waals surface area contributed by atoms with E-state index in [9.17, 15) is 13.2 Å². The summed E-state index contributed by atoms with van der Waals surface area (Å²) < 4.78 is 45.8. The van der Waals surface area contributed by atoms with Gasteiger partial charge >= 0.3 is 6.36 Å². The lowest BCUT2D eigenvalue weighted by Gasteiger charge is -2.26. The molecule has 1 fully saturated rings. The van der Waals surface area contributed by atoms with E-state index < -0.39 is 6.36 Å². The summed E-state index contributed by atoms with van der Waals surface area (Å²) >= 11 is 0. The monoisotopic (exact) mass is 276 g/mol. The lowest BCUT2D eigenvalue weighted by molar-refractivity contribution is -0.274. The number of nitrogens with one attached hydrogen (secondary N) is 2. The first kappa shape index (κ1) is 14.0. The van der Waals surface area contributed by atoms with Crippen LogP contribution in [0.25, 0.3) is 0 Å². The number of hydrogen-bond donors (Lipinski definition) is 2.